The van der Waals surface area contributed by atoms with Crippen LogP contribution in [0, 0.1) is 17.8 Å². The van der Waals surface area contributed by atoms with Gasteiger partial charge in [0.2, 0.25) is 5.89 Å². The molecule has 0 spiro atoms. The quantitative estimate of drug-likeness (QED) is 0.303. The van der Waals surface area contributed by atoms with E-state index in [1.165, 1.54) is 43.8 Å². The number of rotatable bonds is 8. The van der Waals surface area contributed by atoms with Gasteiger partial charge in [-0.25, -0.2) is 4.98 Å². The lowest BCUT2D eigenvalue weighted by Crippen LogP contribution is -3.00. The predicted octanol–water partition coefficient (Wildman–Crippen LogP) is 4.30. The summed E-state index contributed by atoms with van der Waals surface area (Å²) in [4.78, 5) is 6.05. The minimum Gasteiger partial charge on any atom is -1.00 e. The van der Waals surface area contributed by atoms with Crippen LogP contribution in [-0.4, -0.2) is 40.0 Å². The first-order valence-corrected chi connectivity index (χ1v) is 15.4. The first kappa shape index (κ1) is 28.2. The summed E-state index contributed by atoms with van der Waals surface area (Å²) in [5.41, 5.74) is -0.257. The van der Waals surface area contributed by atoms with Crippen molar-refractivity contribution < 1.29 is 31.0 Å². The Kier molecular flexibility index (Phi) is 8.95. The number of hydrogen-bond acceptors (Lipinski definition) is 4. The van der Waals surface area contributed by atoms with Gasteiger partial charge in [-0.1, -0.05) is 61.2 Å². The van der Waals surface area contributed by atoms with E-state index in [2.05, 4.69) is 12.1 Å². The molecule has 3 saturated heterocycles. The fourth-order valence-electron chi connectivity index (χ4n) is 7.22. The number of aliphatic hydroxyl groups is 1. The van der Waals surface area contributed by atoms with Crippen molar-refractivity contribution in [1.82, 2.24) is 4.98 Å². The molecule has 2 aromatic carbocycles. The van der Waals surface area contributed by atoms with Gasteiger partial charge in [0.1, 0.15) is 6.54 Å². The van der Waals surface area contributed by atoms with Crippen LogP contribution in [0.5, 0.6) is 0 Å². The molecular weight excluding hydrogens is 580 g/mol. The molecule has 204 valence electrons. The van der Waals surface area contributed by atoms with Gasteiger partial charge in [-0.05, 0) is 48.6 Å². The Bertz CT molecular complexity index is 1180. The molecule has 4 heterocycles. The summed E-state index contributed by atoms with van der Waals surface area (Å²) >= 11 is 8.04. The first-order valence-electron chi connectivity index (χ1n) is 14.0. The van der Waals surface area contributed by atoms with Crippen molar-refractivity contribution in [2.75, 3.05) is 25.4 Å². The van der Waals surface area contributed by atoms with Crippen LogP contribution >= 0.6 is 23.4 Å². The van der Waals surface area contributed by atoms with E-state index in [0.29, 0.717) is 11.8 Å². The summed E-state index contributed by atoms with van der Waals surface area (Å²) in [5.74, 6) is 4.25. The molecule has 2 bridgehead atoms. The Labute approximate surface area is 246 Å². The largest absolute Gasteiger partial charge is 1.00 e. The highest BCUT2D eigenvalue weighted by Crippen LogP contribution is 2.45. The van der Waals surface area contributed by atoms with E-state index in [1.807, 2.05) is 60.4 Å². The van der Waals surface area contributed by atoms with E-state index >= 15 is 0 Å². The smallest absolute Gasteiger partial charge is 0.231 e. The van der Waals surface area contributed by atoms with Gasteiger partial charge in [0, 0.05) is 40.3 Å². The summed E-state index contributed by atoms with van der Waals surface area (Å²) in [7, 11) is 0. The zero-order valence-electron chi connectivity index (χ0n) is 21.9. The zero-order chi connectivity index (χ0) is 25.3. The van der Waals surface area contributed by atoms with Gasteiger partial charge in [-0.15, -0.1) is 11.8 Å². The van der Waals surface area contributed by atoms with Crippen LogP contribution in [0.25, 0.3) is 0 Å². The number of fused-ring (bicyclic) bond motifs is 3. The fourth-order valence-corrected chi connectivity index (χ4v) is 8.45. The van der Waals surface area contributed by atoms with Crippen molar-refractivity contribution in [3.8, 4) is 0 Å². The van der Waals surface area contributed by atoms with Crippen LogP contribution in [0.15, 0.2) is 70.1 Å². The molecule has 4 fully saturated rings. The summed E-state index contributed by atoms with van der Waals surface area (Å²) in [6.07, 6.45) is 10.1. The maximum Gasteiger partial charge on any atom is 0.231 e. The van der Waals surface area contributed by atoms with Crippen LogP contribution in [-0.2, 0) is 12.1 Å². The number of hydrogen-bond donors (Lipinski definition) is 1. The molecule has 1 aliphatic carbocycles. The molecule has 1 saturated carbocycles. The van der Waals surface area contributed by atoms with E-state index < -0.39 is 5.60 Å². The number of piperidine rings is 3. The molecule has 3 aromatic rings. The van der Waals surface area contributed by atoms with Gasteiger partial charge in [-0.3, -0.25) is 0 Å². The monoisotopic (exact) mass is 616 g/mol. The standard InChI is InChI=1S/C31H38ClN2O2S.BrH/c32-27-11-13-29(14-12-27)37-22-24-20-34(17-15-23(24)16-18-34)21-28-19-33-30(36-28)31(35,25-7-3-1-4-8-25)26-9-5-2-6-10-26;/h1,3-4,7-8,11-14,19,23-24,26,35H,2,5-6,9-10,15-18,20-22H2;1H/q+1;/p-1/t23?,24?,31-,34?;/m0./s1. The second kappa shape index (κ2) is 12.1. The molecule has 2 atom stereocenters. The van der Waals surface area contributed by atoms with Crippen molar-refractivity contribution in [2.24, 2.45) is 17.8 Å². The van der Waals surface area contributed by atoms with Gasteiger partial charge in [0.05, 0.1) is 25.8 Å². The van der Waals surface area contributed by atoms with E-state index in [-0.39, 0.29) is 22.9 Å². The number of halogens is 2. The Balaban J connectivity index is 0.00000294. The number of aromatic nitrogens is 1. The molecule has 38 heavy (non-hydrogen) atoms. The number of thioether (sulfide) groups is 1. The van der Waals surface area contributed by atoms with E-state index in [9.17, 15) is 5.11 Å². The van der Waals surface area contributed by atoms with Crippen LogP contribution in [0.2, 0.25) is 5.02 Å². The second-order valence-corrected chi connectivity index (χ2v) is 13.1. The number of oxazole rings is 1. The molecule has 4 aliphatic rings. The second-order valence-electron chi connectivity index (χ2n) is 11.6. The minimum absolute atomic E-state index is 0. The molecule has 1 aromatic heterocycles. The van der Waals surface area contributed by atoms with E-state index in [4.69, 9.17) is 21.0 Å². The zero-order valence-corrected chi connectivity index (χ0v) is 25.1. The van der Waals surface area contributed by atoms with Crippen molar-refractivity contribution in [2.45, 2.75) is 62.0 Å². The molecule has 0 radical (unpaired) electrons. The van der Waals surface area contributed by atoms with Crippen molar-refractivity contribution in [3.05, 3.63) is 83.0 Å². The average Bonchev–Trinajstić information content (AvgIpc) is 3.42. The van der Waals surface area contributed by atoms with Gasteiger partial charge in [0.25, 0.3) is 0 Å². The third-order valence-electron chi connectivity index (χ3n) is 9.30. The molecule has 0 amide bonds. The molecule has 4 nitrogen and oxygen atoms in total. The highest BCUT2D eigenvalue weighted by atomic mass is 79.9. The van der Waals surface area contributed by atoms with Crippen LogP contribution < -0.4 is 17.0 Å². The SMILES string of the molecule is O[C@](c1ccccc1)(c1ncc(C[N+]23CCC(CC2)C(CSc2ccc(Cl)cc2)C3)o1)C1CCCCC1.[Br-]. The molecular formula is C31H38BrClN2O2S. The maximum atomic E-state index is 12.2. The maximum absolute atomic E-state index is 12.2. The van der Waals surface area contributed by atoms with E-state index in [1.54, 1.807) is 0 Å². The Morgan fingerprint density at radius 2 is 1.68 bits per heavy atom. The summed E-state index contributed by atoms with van der Waals surface area (Å²) < 4.78 is 7.57. The first-order chi connectivity index (χ1) is 18.0. The summed E-state index contributed by atoms with van der Waals surface area (Å²) in [6.45, 7) is 4.51. The Hall–Kier alpha value is -1.31. The van der Waals surface area contributed by atoms with Crippen molar-refractivity contribution in [1.29, 1.82) is 0 Å². The van der Waals surface area contributed by atoms with Crippen LogP contribution in [0.4, 0.5) is 0 Å². The van der Waals surface area contributed by atoms with E-state index in [0.717, 1.165) is 64.7 Å². The predicted molar refractivity (Wildman–Crippen MR) is 149 cm³/mol. The molecule has 1 N–H and O–H groups in total. The normalized spacial score (nSPS) is 27.0. The lowest BCUT2D eigenvalue weighted by atomic mass is 9.73. The average molecular weight is 618 g/mol. The number of nitrogens with zero attached hydrogens (tertiary/aromatic N) is 2. The third kappa shape index (κ3) is 5.76. The van der Waals surface area contributed by atoms with Gasteiger partial charge < -0.3 is 31.0 Å². The van der Waals surface area contributed by atoms with Gasteiger partial charge >= 0.3 is 0 Å². The Morgan fingerprint density at radius 3 is 2.39 bits per heavy atom. The Morgan fingerprint density at radius 1 is 0.974 bits per heavy atom. The number of quaternary nitrogens is 1. The number of benzene rings is 2. The topological polar surface area (TPSA) is 46.3 Å². The third-order valence-corrected chi connectivity index (χ3v) is 10.7. The fraction of sp³-hybridized carbons (Fsp3) is 0.516. The highest BCUT2D eigenvalue weighted by Gasteiger charge is 2.48. The van der Waals surface area contributed by atoms with Crippen molar-refractivity contribution >= 4 is 23.4 Å². The molecule has 7 rings (SSSR count). The molecule has 7 heteroatoms. The highest BCUT2D eigenvalue weighted by molar-refractivity contribution is 7.99. The lowest BCUT2D eigenvalue weighted by molar-refractivity contribution is -0.959. The minimum atomic E-state index is -1.16. The summed E-state index contributed by atoms with van der Waals surface area (Å²) in [6, 6.07) is 18.3. The van der Waals surface area contributed by atoms with Crippen LogP contribution in [0.1, 0.15) is 62.2 Å². The van der Waals surface area contributed by atoms with Crippen molar-refractivity contribution in [3.63, 3.8) is 0 Å². The van der Waals surface area contributed by atoms with Gasteiger partial charge in [-0.2, -0.15) is 0 Å². The lowest BCUT2D eigenvalue weighted by Gasteiger charge is -2.52. The van der Waals surface area contributed by atoms with Crippen LogP contribution in [0.3, 0.4) is 0 Å². The van der Waals surface area contributed by atoms with Gasteiger partial charge in [0.15, 0.2) is 11.4 Å². The molecule has 3 aliphatic heterocycles. The molecule has 1 unspecified atom stereocenters. The summed E-state index contributed by atoms with van der Waals surface area (Å²) in [5, 5.41) is 13.0.